The van der Waals surface area contributed by atoms with Gasteiger partial charge in [0.25, 0.3) is 5.91 Å². The molecule has 2 N–H and O–H groups in total. The quantitative estimate of drug-likeness (QED) is 0.766. The lowest BCUT2D eigenvalue weighted by Gasteiger charge is -2.21. The van der Waals surface area contributed by atoms with Gasteiger partial charge in [0.05, 0.1) is 17.6 Å². The van der Waals surface area contributed by atoms with Crippen molar-refractivity contribution in [3.8, 4) is 5.75 Å². The summed E-state index contributed by atoms with van der Waals surface area (Å²) in [5.41, 5.74) is 0.256. The van der Waals surface area contributed by atoms with Crippen LogP contribution in [0.15, 0.2) is 23.1 Å². The second-order valence-corrected chi connectivity index (χ2v) is 9.12. The number of sulfonamides is 1. The first-order chi connectivity index (χ1) is 13.0. The average Bonchev–Trinajstić information content (AvgIpc) is 3.04. The molecule has 8 heteroatoms. The fourth-order valence-corrected chi connectivity index (χ4v) is 5.24. The van der Waals surface area contributed by atoms with Gasteiger partial charge in [-0.1, -0.05) is 12.8 Å². The van der Waals surface area contributed by atoms with Crippen molar-refractivity contribution in [3.05, 3.63) is 23.8 Å². The molecule has 2 heterocycles. The molecule has 0 spiro atoms. The van der Waals surface area contributed by atoms with Crippen LogP contribution in [0.5, 0.6) is 5.75 Å². The average molecular weight is 396 g/mol. The molecular formula is C19H29N3O4S. The summed E-state index contributed by atoms with van der Waals surface area (Å²) in [6.45, 7) is 2.55. The smallest absolute Gasteiger partial charge is 0.255 e. The van der Waals surface area contributed by atoms with Crippen LogP contribution in [-0.4, -0.2) is 58.0 Å². The zero-order valence-electron chi connectivity index (χ0n) is 15.9. The van der Waals surface area contributed by atoms with E-state index >= 15 is 0 Å². The summed E-state index contributed by atoms with van der Waals surface area (Å²) >= 11 is 0. The topological polar surface area (TPSA) is 87.7 Å². The molecule has 7 nitrogen and oxygen atoms in total. The van der Waals surface area contributed by atoms with Crippen LogP contribution in [0, 0.1) is 0 Å². The molecule has 150 valence electrons. The number of amides is 1. The number of rotatable bonds is 6. The minimum atomic E-state index is -3.61. The fraction of sp³-hybridized carbons (Fsp3) is 0.632. The molecule has 2 aliphatic rings. The molecule has 0 bridgehead atoms. The third-order valence-electron chi connectivity index (χ3n) is 5.29. The van der Waals surface area contributed by atoms with E-state index in [1.165, 1.54) is 23.5 Å². The number of nitrogens with one attached hydrogen (secondary N) is 2. The molecule has 3 rings (SSSR count). The van der Waals surface area contributed by atoms with E-state index in [-0.39, 0.29) is 22.4 Å². The number of carbonyl (C=O) groups is 1. The molecule has 0 aliphatic carbocycles. The second kappa shape index (κ2) is 9.03. The van der Waals surface area contributed by atoms with Gasteiger partial charge in [-0.05, 0) is 50.4 Å². The van der Waals surface area contributed by atoms with Crippen LogP contribution < -0.4 is 15.4 Å². The Balaban J connectivity index is 1.80. The molecule has 0 aromatic heterocycles. The first-order valence-electron chi connectivity index (χ1n) is 9.72. The van der Waals surface area contributed by atoms with Crippen LogP contribution in [0.1, 0.15) is 48.9 Å². The van der Waals surface area contributed by atoms with Crippen molar-refractivity contribution in [2.75, 3.05) is 33.3 Å². The summed E-state index contributed by atoms with van der Waals surface area (Å²) in [6.07, 6.45) is 5.98. The normalized spacial score (nSPS) is 21.6. The zero-order chi connectivity index (χ0) is 19.3. The van der Waals surface area contributed by atoms with Crippen molar-refractivity contribution >= 4 is 15.9 Å². The zero-order valence-corrected chi connectivity index (χ0v) is 16.7. The number of nitrogens with zero attached hydrogens (tertiary/aromatic N) is 1. The summed E-state index contributed by atoms with van der Waals surface area (Å²) in [4.78, 5) is 12.8. The predicted molar refractivity (Wildman–Crippen MR) is 104 cm³/mol. The first-order valence-corrected chi connectivity index (χ1v) is 11.2. The van der Waals surface area contributed by atoms with Gasteiger partial charge >= 0.3 is 0 Å². The van der Waals surface area contributed by atoms with Gasteiger partial charge in [-0.2, -0.15) is 4.31 Å². The Morgan fingerprint density at radius 2 is 1.96 bits per heavy atom. The Morgan fingerprint density at radius 1 is 1.22 bits per heavy atom. The lowest BCUT2D eigenvalue weighted by atomic mass is 10.1. The highest BCUT2D eigenvalue weighted by atomic mass is 32.2. The Morgan fingerprint density at radius 3 is 2.59 bits per heavy atom. The Kier molecular flexibility index (Phi) is 6.73. The maximum absolute atomic E-state index is 13.0. The summed E-state index contributed by atoms with van der Waals surface area (Å²) in [6, 6.07) is 4.79. The monoisotopic (exact) mass is 395 g/mol. The van der Waals surface area contributed by atoms with Crippen LogP contribution >= 0.6 is 0 Å². The molecule has 0 saturated carbocycles. The van der Waals surface area contributed by atoms with Crippen molar-refractivity contribution in [1.29, 1.82) is 0 Å². The number of hydrogen-bond donors (Lipinski definition) is 2. The van der Waals surface area contributed by atoms with E-state index in [2.05, 4.69) is 10.6 Å². The number of ether oxygens (including phenoxy) is 1. The van der Waals surface area contributed by atoms with Crippen LogP contribution in [0.25, 0.3) is 0 Å². The van der Waals surface area contributed by atoms with Gasteiger partial charge in [0.2, 0.25) is 10.0 Å². The molecule has 2 aliphatic heterocycles. The van der Waals surface area contributed by atoms with E-state index < -0.39 is 10.0 Å². The van der Waals surface area contributed by atoms with Gasteiger partial charge in [0.15, 0.2) is 0 Å². The third kappa shape index (κ3) is 4.80. The van der Waals surface area contributed by atoms with Crippen LogP contribution in [0.3, 0.4) is 0 Å². The lowest BCUT2D eigenvalue weighted by molar-refractivity contribution is 0.0947. The summed E-state index contributed by atoms with van der Waals surface area (Å²) in [7, 11) is -2.13. The summed E-state index contributed by atoms with van der Waals surface area (Å²) < 4.78 is 32.9. The van der Waals surface area contributed by atoms with E-state index in [1.54, 1.807) is 6.07 Å². The van der Waals surface area contributed by atoms with E-state index in [1.807, 2.05) is 0 Å². The van der Waals surface area contributed by atoms with Crippen LogP contribution in [0.2, 0.25) is 0 Å². The molecular weight excluding hydrogens is 366 g/mol. The Bertz CT molecular complexity index is 752. The highest BCUT2D eigenvalue weighted by Gasteiger charge is 2.27. The first kappa shape index (κ1) is 20.1. The summed E-state index contributed by atoms with van der Waals surface area (Å²) in [5.74, 6) is 0.0650. The Hall–Kier alpha value is -1.64. The van der Waals surface area contributed by atoms with Crippen molar-refractivity contribution < 1.29 is 17.9 Å². The summed E-state index contributed by atoms with van der Waals surface area (Å²) in [5, 5.41) is 6.22. The number of benzene rings is 1. The standard InChI is InChI=1S/C19H29N3O4S/c1-26-18-9-8-16(27(24,25)22-11-4-2-3-5-12-22)13-17(18)19(23)21-14-15-7-6-10-20-15/h8-9,13,15,20H,2-7,10-12,14H2,1H3,(H,21,23). The van der Waals surface area contributed by atoms with E-state index in [4.69, 9.17) is 4.74 Å². The highest BCUT2D eigenvalue weighted by molar-refractivity contribution is 7.89. The van der Waals surface area contributed by atoms with Gasteiger partial charge in [0, 0.05) is 25.7 Å². The SMILES string of the molecule is COc1ccc(S(=O)(=O)N2CCCCCC2)cc1C(=O)NCC1CCCN1. The predicted octanol–water partition coefficient (Wildman–Crippen LogP) is 1.74. The largest absolute Gasteiger partial charge is 0.496 e. The number of carbonyl (C=O) groups excluding carboxylic acids is 1. The molecule has 27 heavy (non-hydrogen) atoms. The van der Waals surface area contributed by atoms with E-state index in [9.17, 15) is 13.2 Å². The van der Waals surface area contributed by atoms with Crippen molar-refractivity contribution in [2.45, 2.75) is 49.5 Å². The number of hydrogen-bond acceptors (Lipinski definition) is 5. The van der Waals surface area contributed by atoms with Gasteiger partial charge in [0.1, 0.15) is 5.75 Å². The van der Waals surface area contributed by atoms with Crippen LogP contribution in [0.4, 0.5) is 0 Å². The van der Waals surface area contributed by atoms with Crippen molar-refractivity contribution in [2.24, 2.45) is 0 Å². The minimum Gasteiger partial charge on any atom is -0.496 e. The maximum atomic E-state index is 13.0. The van der Waals surface area contributed by atoms with E-state index in [0.717, 1.165) is 45.1 Å². The molecule has 1 atom stereocenters. The van der Waals surface area contributed by atoms with Gasteiger partial charge in [-0.25, -0.2) is 8.42 Å². The van der Waals surface area contributed by atoms with Crippen molar-refractivity contribution in [3.63, 3.8) is 0 Å². The van der Waals surface area contributed by atoms with E-state index in [0.29, 0.717) is 25.4 Å². The molecule has 0 radical (unpaired) electrons. The third-order valence-corrected chi connectivity index (χ3v) is 7.18. The molecule has 1 aromatic rings. The van der Waals surface area contributed by atoms with Crippen molar-refractivity contribution in [1.82, 2.24) is 14.9 Å². The Labute approximate surface area is 161 Å². The lowest BCUT2D eigenvalue weighted by Crippen LogP contribution is -2.37. The minimum absolute atomic E-state index is 0.148. The van der Waals surface area contributed by atoms with Gasteiger partial charge < -0.3 is 15.4 Å². The van der Waals surface area contributed by atoms with Gasteiger partial charge in [-0.3, -0.25) is 4.79 Å². The molecule has 1 aromatic carbocycles. The molecule has 2 fully saturated rings. The maximum Gasteiger partial charge on any atom is 0.255 e. The number of methoxy groups -OCH3 is 1. The highest BCUT2D eigenvalue weighted by Crippen LogP contribution is 2.26. The van der Waals surface area contributed by atoms with Crippen LogP contribution in [-0.2, 0) is 10.0 Å². The molecule has 1 unspecified atom stereocenters. The fourth-order valence-electron chi connectivity index (χ4n) is 3.70. The van der Waals surface area contributed by atoms with Gasteiger partial charge in [-0.15, -0.1) is 0 Å². The molecule has 2 saturated heterocycles. The molecule has 1 amide bonds. The second-order valence-electron chi connectivity index (χ2n) is 7.18.